The van der Waals surface area contributed by atoms with Gasteiger partial charge in [-0.05, 0) is 72.0 Å². The second-order valence-corrected chi connectivity index (χ2v) is 16.5. The quantitative estimate of drug-likeness (QED) is 0.114. The third kappa shape index (κ3) is 6.98. The van der Waals surface area contributed by atoms with E-state index in [-0.39, 0.29) is 25.1 Å². The Labute approximate surface area is 279 Å². The SMILES string of the molecule is O=S(=O)(O)CCCN1/C(=C/c2sc3ccc(-n4cccc4)cc3[n+]2CCCS(=O)(=O)O)Oc2ccc(-c3cc4ccccc4s3)cc21. The van der Waals surface area contributed by atoms with Crippen LogP contribution in [0.1, 0.15) is 17.8 Å². The van der Waals surface area contributed by atoms with Crippen LogP contribution in [0.2, 0.25) is 0 Å². The van der Waals surface area contributed by atoms with Gasteiger partial charge in [-0.15, -0.1) is 11.3 Å². The maximum atomic E-state index is 11.6. The molecule has 10 nitrogen and oxygen atoms in total. The number of aromatic nitrogens is 2. The summed E-state index contributed by atoms with van der Waals surface area (Å²) < 4.78 is 77.7. The first-order chi connectivity index (χ1) is 22.5. The van der Waals surface area contributed by atoms with E-state index in [1.807, 2.05) is 93.2 Å². The van der Waals surface area contributed by atoms with Crippen LogP contribution in [0.4, 0.5) is 5.69 Å². The molecule has 47 heavy (non-hydrogen) atoms. The van der Waals surface area contributed by atoms with Crippen molar-refractivity contribution >= 4 is 75.0 Å². The molecule has 0 bridgehead atoms. The Kier molecular flexibility index (Phi) is 8.40. The smallest absolute Gasteiger partial charge is 0.268 e. The molecule has 14 heteroatoms. The fourth-order valence-corrected chi connectivity index (χ4v) is 8.87. The molecule has 3 aromatic carbocycles. The molecular weight excluding hydrogens is 679 g/mol. The first-order valence-corrected chi connectivity index (χ1v) is 19.7. The predicted molar refractivity (Wildman–Crippen MR) is 187 cm³/mol. The number of hydrogen-bond donors (Lipinski definition) is 2. The Morgan fingerprint density at radius 1 is 0.809 bits per heavy atom. The van der Waals surface area contributed by atoms with Gasteiger partial charge in [-0.2, -0.15) is 21.4 Å². The van der Waals surface area contributed by atoms with E-state index in [2.05, 4.69) is 18.2 Å². The van der Waals surface area contributed by atoms with Crippen LogP contribution in [0.15, 0.2) is 97.1 Å². The number of thiophene rings is 1. The van der Waals surface area contributed by atoms with Crippen molar-refractivity contribution in [3.8, 4) is 21.9 Å². The standard InChI is InChI=1S/C33H29N3O7S4/c37-46(38,39)17-5-15-35-26-19-24(31-20-23-7-1-2-8-29(23)44-31)9-11-28(26)43-32(35)22-33-36(16-6-18-47(40,41)42)27-21-25(10-12-30(27)45-33)34-13-3-4-14-34/h1-4,7-14,19-22H,5-6,15-18H2,(H-,37,38,39,40,41,42)/p+1. The zero-order chi connectivity index (χ0) is 32.8. The number of aryl methyl sites for hydroxylation is 1. The molecule has 0 saturated carbocycles. The zero-order valence-electron chi connectivity index (χ0n) is 24.9. The fraction of sp³-hybridized carbons (Fsp3) is 0.182. The molecule has 0 saturated heterocycles. The van der Waals surface area contributed by atoms with Crippen molar-refractivity contribution in [2.24, 2.45) is 0 Å². The Morgan fingerprint density at radius 2 is 1.57 bits per heavy atom. The van der Waals surface area contributed by atoms with E-state index in [1.165, 1.54) is 16.0 Å². The Hall–Kier alpha value is -4.05. The van der Waals surface area contributed by atoms with Crippen molar-refractivity contribution < 1.29 is 35.2 Å². The lowest BCUT2D eigenvalue weighted by atomic mass is 10.1. The number of anilines is 1. The van der Waals surface area contributed by atoms with Gasteiger partial charge in [0.25, 0.3) is 25.2 Å². The molecule has 0 amide bonds. The average molecular weight is 709 g/mol. The third-order valence-electron chi connectivity index (χ3n) is 7.87. The van der Waals surface area contributed by atoms with Crippen molar-refractivity contribution in [1.29, 1.82) is 0 Å². The first-order valence-electron chi connectivity index (χ1n) is 14.8. The Morgan fingerprint density at radius 3 is 2.34 bits per heavy atom. The second-order valence-electron chi connectivity index (χ2n) is 11.2. The normalized spacial score (nSPS) is 14.3. The highest BCUT2D eigenvalue weighted by molar-refractivity contribution is 7.86. The maximum absolute atomic E-state index is 11.6. The number of benzene rings is 3. The van der Waals surface area contributed by atoms with Gasteiger partial charge in [-0.3, -0.25) is 9.11 Å². The van der Waals surface area contributed by atoms with Crippen LogP contribution in [0.25, 0.3) is 42.5 Å². The summed E-state index contributed by atoms with van der Waals surface area (Å²) in [5.74, 6) is 0.309. The molecule has 0 radical (unpaired) electrons. The predicted octanol–water partition coefficient (Wildman–Crippen LogP) is 6.61. The molecule has 0 unspecified atom stereocenters. The molecule has 4 heterocycles. The van der Waals surface area contributed by atoms with Crippen LogP contribution < -0.4 is 14.2 Å². The summed E-state index contributed by atoms with van der Waals surface area (Å²) in [7, 11) is -8.31. The summed E-state index contributed by atoms with van der Waals surface area (Å²) in [4.78, 5) is 3.00. The topological polar surface area (TPSA) is 130 Å². The summed E-state index contributed by atoms with van der Waals surface area (Å²) in [6.45, 7) is 0.583. The molecule has 6 aromatic rings. The molecule has 1 aliphatic rings. The largest absolute Gasteiger partial charge is 0.438 e. The van der Waals surface area contributed by atoms with Crippen molar-refractivity contribution in [3.05, 3.63) is 102 Å². The van der Waals surface area contributed by atoms with Gasteiger partial charge in [0, 0.05) is 41.0 Å². The average Bonchev–Trinajstić information content (AvgIpc) is 3.82. The van der Waals surface area contributed by atoms with Crippen LogP contribution in [-0.2, 0) is 26.8 Å². The molecule has 3 aromatic heterocycles. The lowest BCUT2D eigenvalue weighted by Gasteiger charge is -2.18. The van der Waals surface area contributed by atoms with Gasteiger partial charge in [-0.25, -0.2) is 0 Å². The summed E-state index contributed by atoms with van der Waals surface area (Å²) >= 11 is 3.20. The van der Waals surface area contributed by atoms with Crippen LogP contribution >= 0.6 is 22.7 Å². The molecule has 0 spiro atoms. The minimum Gasteiger partial charge on any atom is -0.438 e. The highest BCUT2D eigenvalue weighted by atomic mass is 32.2. The van der Waals surface area contributed by atoms with E-state index in [0.717, 1.165) is 42.4 Å². The highest BCUT2D eigenvalue weighted by Crippen LogP contribution is 2.44. The van der Waals surface area contributed by atoms with Gasteiger partial charge < -0.3 is 14.2 Å². The molecule has 2 N–H and O–H groups in total. The minimum atomic E-state index is -4.16. The van der Waals surface area contributed by atoms with Gasteiger partial charge in [0.15, 0.2) is 12.3 Å². The van der Waals surface area contributed by atoms with E-state index in [1.54, 1.807) is 11.3 Å². The van der Waals surface area contributed by atoms with Crippen molar-refractivity contribution in [2.45, 2.75) is 19.4 Å². The maximum Gasteiger partial charge on any atom is 0.268 e. The summed E-state index contributed by atoms with van der Waals surface area (Å²) in [6.07, 6.45) is 6.12. The van der Waals surface area contributed by atoms with Crippen LogP contribution in [0.3, 0.4) is 0 Å². The van der Waals surface area contributed by atoms with E-state index >= 15 is 0 Å². The zero-order valence-corrected chi connectivity index (χ0v) is 28.2. The van der Waals surface area contributed by atoms with Gasteiger partial charge in [0.1, 0.15) is 4.70 Å². The number of nitrogens with zero attached hydrogens (tertiary/aromatic N) is 3. The molecule has 0 aliphatic carbocycles. The second kappa shape index (κ2) is 12.5. The van der Waals surface area contributed by atoms with Crippen LogP contribution in [0, 0.1) is 0 Å². The molecule has 1 aliphatic heterocycles. The van der Waals surface area contributed by atoms with Gasteiger partial charge >= 0.3 is 0 Å². The lowest BCUT2D eigenvalue weighted by Crippen LogP contribution is -2.36. The summed E-state index contributed by atoms with van der Waals surface area (Å²) in [5, 5.41) is 1.94. The van der Waals surface area contributed by atoms with Crippen molar-refractivity contribution in [3.63, 3.8) is 0 Å². The van der Waals surface area contributed by atoms with E-state index < -0.39 is 26.0 Å². The van der Waals surface area contributed by atoms with Crippen molar-refractivity contribution in [2.75, 3.05) is 23.0 Å². The number of rotatable bonds is 11. The molecule has 7 rings (SSSR count). The molecule has 242 valence electrons. The monoisotopic (exact) mass is 708 g/mol. The van der Waals surface area contributed by atoms with Crippen LogP contribution in [-0.4, -0.2) is 48.6 Å². The van der Waals surface area contributed by atoms with E-state index in [4.69, 9.17) is 4.74 Å². The number of hydrogen-bond acceptors (Lipinski definition) is 8. The van der Waals surface area contributed by atoms with E-state index in [9.17, 15) is 25.9 Å². The lowest BCUT2D eigenvalue weighted by molar-refractivity contribution is -0.668. The first kappa shape index (κ1) is 31.5. The molecular formula is C33H30N3O7S4+. The Balaban J connectivity index is 1.29. The number of ether oxygens (including phenoxy) is 1. The van der Waals surface area contributed by atoms with E-state index in [0.29, 0.717) is 18.2 Å². The van der Waals surface area contributed by atoms with Gasteiger partial charge in [0.2, 0.25) is 11.4 Å². The van der Waals surface area contributed by atoms with Gasteiger partial charge in [0.05, 0.1) is 29.0 Å². The number of fused-ring (bicyclic) bond motifs is 3. The van der Waals surface area contributed by atoms with Gasteiger partial charge in [-0.1, -0.05) is 29.5 Å². The number of thiazole rings is 1. The van der Waals surface area contributed by atoms with Crippen molar-refractivity contribution in [1.82, 2.24) is 4.57 Å². The summed E-state index contributed by atoms with van der Waals surface area (Å²) in [5.41, 5.74) is 3.60. The molecule has 0 fully saturated rings. The third-order valence-corrected chi connectivity index (χ3v) is 11.8. The molecule has 0 atom stereocenters. The highest BCUT2D eigenvalue weighted by Gasteiger charge is 2.30. The van der Waals surface area contributed by atoms with Crippen LogP contribution in [0.5, 0.6) is 5.75 Å². The fourth-order valence-electron chi connectivity index (χ4n) is 5.73. The Bertz CT molecular complexity index is 2330. The minimum absolute atomic E-state index is 0.160. The summed E-state index contributed by atoms with van der Waals surface area (Å²) in [6, 6.07) is 26.2.